The number of carbonyl (C=O) groups excluding carboxylic acids is 2. The summed E-state index contributed by atoms with van der Waals surface area (Å²) in [5.74, 6) is -1.61. The van der Waals surface area contributed by atoms with Gasteiger partial charge in [0, 0.05) is 12.0 Å². The number of urea groups is 1. The van der Waals surface area contributed by atoms with Crippen molar-refractivity contribution in [2.45, 2.75) is 57.4 Å². The molecule has 0 spiro atoms. The third-order valence-corrected chi connectivity index (χ3v) is 3.19. The summed E-state index contributed by atoms with van der Waals surface area (Å²) in [4.78, 5) is 33.1. The van der Waals surface area contributed by atoms with E-state index < -0.39 is 17.9 Å². The lowest BCUT2D eigenvalue weighted by atomic mass is 9.83. The molecule has 3 N–H and O–H groups in total. The number of carboxylic acid groups (broad SMARTS) is 1. The van der Waals surface area contributed by atoms with Crippen LogP contribution in [0, 0.1) is 0 Å². The van der Waals surface area contributed by atoms with Gasteiger partial charge in [-0.3, -0.25) is 14.9 Å². The first-order valence-corrected chi connectivity index (χ1v) is 6.25. The molecule has 1 rings (SSSR count). The Hall–Kier alpha value is -1.59. The van der Waals surface area contributed by atoms with Crippen LogP contribution in [-0.2, 0) is 9.59 Å². The van der Waals surface area contributed by atoms with Crippen LogP contribution >= 0.6 is 0 Å². The molecule has 102 valence electrons. The van der Waals surface area contributed by atoms with Crippen molar-refractivity contribution in [1.29, 1.82) is 0 Å². The molecule has 0 radical (unpaired) electrons. The van der Waals surface area contributed by atoms with Crippen LogP contribution in [-0.4, -0.2) is 28.6 Å². The number of carbonyl (C=O) groups is 3. The third kappa shape index (κ3) is 5.16. The lowest BCUT2D eigenvalue weighted by molar-refractivity contribution is -0.138. The number of amides is 3. The molecule has 0 heterocycles. The Bertz CT molecular complexity index is 335. The van der Waals surface area contributed by atoms with Crippen molar-refractivity contribution in [2.24, 2.45) is 0 Å². The topological polar surface area (TPSA) is 95.5 Å². The van der Waals surface area contributed by atoms with Gasteiger partial charge in [0.05, 0.1) is 6.42 Å². The van der Waals surface area contributed by atoms with Gasteiger partial charge in [0.2, 0.25) is 5.91 Å². The Kier molecular flexibility index (Phi) is 5.12. The highest BCUT2D eigenvalue weighted by Crippen LogP contribution is 2.27. The van der Waals surface area contributed by atoms with Crippen LogP contribution in [0.1, 0.15) is 51.9 Å². The SMILES string of the molecule is CC1(NC(=O)NC(=O)CCC(=O)O)CCCCC1. The van der Waals surface area contributed by atoms with Gasteiger partial charge in [0.15, 0.2) is 0 Å². The fourth-order valence-electron chi connectivity index (χ4n) is 2.17. The highest BCUT2D eigenvalue weighted by atomic mass is 16.4. The minimum absolute atomic E-state index is 0.181. The first-order valence-electron chi connectivity index (χ1n) is 6.25. The van der Waals surface area contributed by atoms with Gasteiger partial charge < -0.3 is 10.4 Å². The maximum atomic E-state index is 11.6. The summed E-state index contributed by atoms with van der Waals surface area (Å²) in [7, 11) is 0. The van der Waals surface area contributed by atoms with E-state index >= 15 is 0 Å². The number of hydrogen-bond donors (Lipinski definition) is 3. The van der Waals surface area contributed by atoms with Crippen LogP contribution in [0.15, 0.2) is 0 Å². The van der Waals surface area contributed by atoms with Crippen molar-refractivity contribution in [1.82, 2.24) is 10.6 Å². The minimum Gasteiger partial charge on any atom is -0.481 e. The van der Waals surface area contributed by atoms with E-state index in [0.717, 1.165) is 25.7 Å². The lowest BCUT2D eigenvalue weighted by Crippen LogP contribution is -2.52. The monoisotopic (exact) mass is 256 g/mol. The third-order valence-electron chi connectivity index (χ3n) is 3.19. The van der Waals surface area contributed by atoms with E-state index in [0.29, 0.717) is 0 Å². The maximum absolute atomic E-state index is 11.6. The molecular formula is C12H20N2O4. The molecule has 6 heteroatoms. The van der Waals surface area contributed by atoms with E-state index in [-0.39, 0.29) is 18.4 Å². The van der Waals surface area contributed by atoms with Crippen molar-refractivity contribution in [3.05, 3.63) is 0 Å². The fourth-order valence-corrected chi connectivity index (χ4v) is 2.17. The van der Waals surface area contributed by atoms with Crippen molar-refractivity contribution in [3.63, 3.8) is 0 Å². The molecule has 0 aliphatic heterocycles. The number of rotatable bonds is 4. The molecule has 1 aliphatic carbocycles. The highest BCUT2D eigenvalue weighted by Gasteiger charge is 2.28. The molecule has 1 saturated carbocycles. The number of hydrogen-bond acceptors (Lipinski definition) is 3. The molecule has 3 amide bonds. The highest BCUT2D eigenvalue weighted by molar-refractivity contribution is 5.95. The molecule has 0 bridgehead atoms. The van der Waals surface area contributed by atoms with Crippen molar-refractivity contribution in [3.8, 4) is 0 Å². The van der Waals surface area contributed by atoms with Gasteiger partial charge in [-0.2, -0.15) is 0 Å². The Balaban J connectivity index is 2.32. The predicted molar refractivity (Wildman–Crippen MR) is 65.0 cm³/mol. The van der Waals surface area contributed by atoms with E-state index in [9.17, 15) is 14.4 Å². The van der Waals surface area contributed by atoms with Gasteiger partial charge in [-0.25, -0.2) is 4.79 Å². The Morgan fingerprint density at radius 2 is 1.72 bits per heavy atom. The summed E-state index contributed by atoms with van der Waals surface area (Å²) in [6.07, 6.45) is 4.69. The standard InChI is InChI=1S/C12H20N2O4/c1-12(7-3-2-4-8-12)14-11(18)13-9(15)5-6-10(16)17/h2-8H2,1H3,(H,16,17)(H2,13,14,15,18). The first-order chi connectivity index (χ1) is 8.41. The van der Waals surface area contributed by atoms with Gasteiger partial charge in [0.1, 0.15) is 0 Å². The van der Waals surface area contributed by atoms with E-state index in [1.54, 1.807) is 0 Å². The Morgan fingerprint density at radius 1 is 1.11 bits per heavy atom. The summed E-state index contributed by atoms with van der Waals surface area (Å²) >= 11 is 0. The number of imide groups is 1. The van der Waals surface area contributed by atoms with Crippen molar-refractivity contribution < 1.29 is 19.5 Å². The van der Waals surface area contributed by atoms with Crippen LogP contribution in [0.4, 0.5) is 4.79 Å². The fraction of sp³-hybridized carbons (Fsp3) is 0.750. The quantitative estimate of drug-likeness (QED) is 0.708. The van der Waals surface area contributed by atoms with Gasteiger partial charge >= 0.3 is 12.0 Å². The predicted octanol–water partition coefficient (Wildman–Crippen LogP) is 1.40. The molecule has 0 saturated heterocycles. The molecule has 6 nitrogen and oxygen atoms in total. The zero-order valence-electron chi connectivity index (χ0n) is 10.6. The Morgan fingerprint density at radius 3 is 2.28 bits per heavy atom. The maximum Gasteiger partial charge on any atom is 0.321 e. The second kappa shape index (κ2) is 6.37. The number of nitrogens with one attached hydrogen (secondary N) is 2. The van der Waals surface area contributed by atoms with Crippen LogP contribution in [0.5, 0.6) is 0 Å². The summed E-state index contributed by atoms with van der Waals surface area (Å²) in [5.41, 5.74) is -0.255. The molecule has 1 fully saturated rings. The molecule has 0 atom stereocenters. The second-order valence-electron chi connectivity index (χ2n) is 5.02. The van der Waals surface area contributed by atoms with E-state index in [1.165, 1.54) is 6.42 Å². The average Bonchev–Trinajstić information content (AvgIpc) is 2.26. The van der Waals surface area contributed by atoms with Crippen LogP contribution < -0.4 is 10.6 Å². The number of aliphatic carboxylic acids is 1. The van der Waals surface area contributed by atoms with Gasteiger partial charge in [-0.1, -0.05) is 19.3 Å². The first kappa shape index (κ1) is 14.5. The largest absolute Gasteiger partial charge is 0.481 e. The zero-order valence-corrected chi connectivity index (χ0v) is 10.6. The normalized spacial score (nSPS) is 17.8. The lowest BCUT2D eigenvalue weighted by Gasteiger charge is -2.34. The Labute approximate surface area is 106 Å². The van der Waals surface area contributed by atoms with E-state index in [4.69, 9.17) is 5.11 Å². The van der Waals surface area contributed by atoms with Gasteiger partial charge in [-0.15, -0.1) is 0 Å². The smallest absolute Gasteiger partial charge is 0.321 e. The van der Waals surface area contributed by atoms with Gasteiger partial charge in [-0.05, 0) is 19.8 Å². The van der Waals surface area contributed by atoms with Crippen LogP contribution in [0.2, 0.25) is 0 Å². The average molecular weight is 256 g/mol. The van der Waals surface area contributed by atoms with Crippen LogP contribution in [0.3, 0.4) is 0 Å². The number of carboxylic acids is 1. The van der Waals surface area contributed by atoms with Gasteiger partial charge in [0.25, 0.3) is 0 Å². The molecule has 0 aromatic heterocycles. The summed E-state index contributed by atoms with van der Waals surface area (Å²) in [6.45, 7) is 1.97. The molecule has 0 aromatic rings. The summed E-state index contributed by atoms with van der Waals surface area (Å²) < 4.78 is 0. The molecule has 0 unspecified atom stereocenters. The molecule has 18 heavy (non-hydrogen) atoms. The molecule has 0 aromatic carbocycles. The molecule has 1 aliphatic rings. The second-order valence-corrected chi connectivity index (χ2v) is 5.02. The summed E-state index contributed by atoms with van der Waals surface area (Å²) in [5, 5.41) is 13.4. The summed E-state index contributed by atoms with van der Waals surface area (Å²) in [6, 6.07) is -0.533. The van der Waals surface area contributed by atoms with Crippen LogP contribution in [0.25, 0.3) is 0 Å². The zero-order chi connectivity index (χ0) is 13.6. The van der Waals surface area contributed by atoms with E-state index in [2.05, 4.69) is 10.6 Å². The molecular weight excluding hydrogens is 236 g/mol. The minimum atomic E-state index is -1.05. The van der Waals surface area contributed by atoms with Crippen molar-refractivity contribution >= 4 is 17.9 Å². The van der Waals surface area contributed by atoms with Crippen molar-refractivity contribution in [2.75, 3.05) is 0 Å². The van der Waals surface area contributed by atoms with E-state index in [1.807, 2.05) is 6.92 Å².